The van der Waals surface area contributed by atoms with Crippen molar-refractivity contribution in [1.82, 2.24) is 14.7 Å². The van der Waals surface area contributed by atoms with Gasteiger partial charge in [0.1, 0.15) is 4.90 Å². The van der Waals surface area contributed by atoms with Crippen LogP contribution in [0.5, 0.6) is 0 Å². The molecule has 0 unspecified atom stereocenters. The van der Waals surface area contributed by atoms with Crippen molar-refractivity contribution in [2.45, 2.75) is 17.2 Å². The van der Waals surface area contributed by atoms with Crippen LogP contribution in [0, 0.1) is 0 Å². The first-order valence-corrected chi connectivity index (χ1v) is 6.11. The van der Waals surface area contributed by atoms with Crippen LogP contribution in [0.15, 0.2) is 17.3 Å². The van der Waals surface area contributed by atoms with Crippen LogP contribution in [-0.2, 0) is 10.0 Å². The van der Waals surface area contributed by atoms with Crippen LogP contribution >= 0.6 is 0 Å². The molecule has 1 rings (SSSR count). The minimum absolute atomic E-state index is 0.100. The number of nitrogens with one attached hydrogen (secondary N) is 2. The molecule has 0 saturated heterocycles. The van der Waals surface area contributed by atoms with E-state index in [-0.39, 0.29) is 5.95 Å². The fourth-order valence-electron chi connectivity index (χ4n) is 0.881. The highest BCUT2D eigenvalue weighted by molar-refractivity contribution is 7.89. The predicted molar refractivity (Wildman–Crippen MR) is 56.0 cm³/mol. The lowest BCUT2D eigenvalue weighted by Crippen LogP contribution is -2.41. The van der Waals surface area contributed by atoms with E-state index in [1.54, 1.807) is 0 Å². The van der Waals surface area contributed by atoms with Crippen molar-refractivity contribution < 1.29 is 26.0 Å². The molecule has 0 amide bonds. The van der Waals surface area contributed by atoms with Gasteiger partial charge in [-0.05, 0) is 0 Å². The summed E-state index contributed by atoms with van der Waals surface area (Å²) in [6.07, 6.45) is -2.41. The van der Waals surface area contributed by atoms with E-state index in [9.17, 15) is 26.0 Å². The smallest absolute Gasteiger partial charge is 0.292 e. The summed E-state index contributed by atoms with van der Waals surface area (Å²) in [6, 6.07) is 0. The van der Waals surface area contributed by atoms with Crippen LogP contribution in [0.1, 0.15) is 0 Å². The standard InChI is InChI=1S/C7H9F4N5O2S/c8-5(9)7(10,11)3-15-19(17,18)4-1-13-6(16-12)14-2-4/h1-2,5,15H,3,12H2,(H,13,14,16). The van der Waals surface area contributed by atoms with Crippen molar-refractivity contribution in [1.29, 1.82) is 0 Å². The lowest BCUT2D eigenvalue weighted by Gasteiger charge is -2.15. The Hall–Kier alpha value is -1.53. The maximum absolute atomic E-state index is 12.6. The summed E-state index contributed by atoms with van der Waals surface area (Å²) in [6.45, 7) is -1.73. The number of halogens is 4. The highest BCUT2D eigenvalue weighted by Crippen LogP contribution is 2.22. The third-order valence-electron chi connectivity index (χ3n) is 1.88. The van der Waals surface area contributed by atoms with E-state index in [1.807, 2.05) is 5.43 Å². The van der Waals surface area contributed by atoms with Crippen molar-refractivity contribution >= 4 is 16.0 Å². The molecule has 0 aliphatic heterocycles. The molecule has 1 aromatic heterocycles. The van der Waals surface area contributed by atoms with Gasteiger partial charge in [0.15, 0.2) is 0 Å². The van der Waals surface area contributed by atoms with E-state index in [2.05, 4.69) is 9.97 Å². The molecule has 0 fully saturated rings. The molecule has 0 atom stereocenters. The molecule has 0 radical (unpaired) electrons. The maximum Gasteiger partial charge on any atom is 0.320 e. The van der Waals surface area contributed by atoms with E-state index >= 15 is 0 Å². The molecule has 0 aromatic carbocycles. The Labute approximate surface area is 105 Å². The van der Waals surface area contributed by atoms with Crippen LogP contribution < -0.4 is 16.0 Å². The first kappa shape index (κ1) is 15.5. The second-order valence-electron chi connectivity index (χ2n) is 3.27. The Balaban J connectivity index is 2.81. The van der Waals surface area contributed by atoms with Crippen molar-refractivity contribution in [3.8, 4) is 0 Å². The number of nitrogen functional groups attached to an aromatic ring is 1. The molecule has 0 aliphatic carbocycles. The van der Waals surface area contributed by atoms with E-state index in [0.717, 1.165) is 12.4 Å². The lowest BCUT2D eigenvalue weighted by atomic mass is 10.4. The normalized spacial score (nSPS) is 12.7. The van der Waals surface area contributed by atoms with Crippen LogP contribution in [0.2, 0.25) is 0 Å². The number of nitrogens with two attached hydrogens (primary N) is 1. The molecular weight excluding hydrogens is 294 g/mol. The number of alkyl halides is 4. The summed E-state index contributed by atoms with van der Waals surface area (Å²) in [7, 11) is -4.41. The maximum atomic E-state index is 12.6. The van der Waals surface area contributed by atoms with Gasteiger partial charge in [0.25, 0.3) is 0 Å². The summed E-state index contributed by atoms with van der Waals surface area (Å²) in [5.41, 5.74) is 2.02. The molecule has 19 heavy (non-hydrogen) atoms. The number of hydrogen-bond donors (Lipinski definition) is 3. The molecule has 0 aliphatic rings. The first-order chi connectivity index (χ1) is 8.69. The Morgan fingerprint density at radius 1 is 1.32 bits per heavy atom. The lowest BCUT2D eigenvalue weighted by molar-refractivity contribution is -0.122. The van der Waals surface area contributed by atoms with Gasteiger partial charge >= 0.3 is 12.3 Å². The van der Waals surface area contributed by atoms with E-state index < -0.39 is 33.8 Å². The zero-order chi connectivity index (χ0) is 14.7. The van der Waals surface area contributed by atoms with Gasteiger partial charge in [-0.3, -0.25) is 5.43 Å². The number of rotatable bonds is 6. The minimum Gasteiger partial charge on any atom is -0.292 e. The molecule has 4 N–H and O–H groups in total. The largest absolute Gasteiger partial charge is 0.320 e. The SMILES string of the molecule is NNc1ncc(S(=O)(=O)NCC(F)(F)C(F)F)cn1. The first-order valence-electron chi connectivity index (χ1n) is 4.63. The molecule has 1 aromatic rings. The molecule has 12 heteroatoms. The second-order valence-corrected chi connectivity index (χ2v) is 5.04. The van der Waals surface area contributed by atoms with Crippen LogP contribution in [0.3, 0.4) is 0 Å². The van der Waals surface area contributed by atoms with E-state index in [4.69, 9.17) is 5.84 Å². The Morgan fingerprint density at radius 3 is 2.26 bits per heavy atom. The Morgan fingerprint density at radius 2 is 1.84 bits per heavy atom. The predicted octanol–water partition coefficient (Wildman–Crippen LogP) is -0.0591. The van der Waals surface area contributed by atoms with Crippen molar-refractivity contribution in [2.75, 3.05) is 12.0 Å². The summed E-state index contributed by atoms with van der Waals surface area (Å²) in [5.74, 6) is 0.370. The molecule has 108 valence electrons. The molecule has 0 spiro atoms. The van der Waals surface area contributed by atoms with Gasteiger partial charge in [0.05, 0.1) is 18.9 Å². The van der Waals surface area contributed by atoms with Gasteiger partial charge in [0, 0.05) is 0 Å². The number of sulfonamides is 1. The van der Waals surface area contributed by atoms with Gasteiger partial charge in [-0.25, -0.2) is 37.7 Å². The summed E-state index contributed by atoms with van der Waals surface area (Å²) < 4.78 is 73.2. The topological polar surface area (TPSA) is 110 Å². The second kappa shape index (κ2) is 5.63. The summed E-state index contributed by atoms with van der Waals surface area (Å²) >= 11 is 0. The number of hydrogen-bond acceptors (Lipinski definition) is 6. The van der Waals surface area contributed by atoms with E-state index in [1.165, 1.54) is 4.72 Å². The minimum atomic E-state index is -4.47. The third-order valence-corrected chi connectivity index (χ3v) is 3.24. The summed E-state index contributed by atoms with van der Waals surface area (Å²) in [5, 5.41) is 0. The van der Waals surface area contributed by atoms with Gasteiger partial charge < -0.3 is 0 Å². The van der Waals surface area contributed by atoms with Gasteiger partial charge in [-0.15, -0.1) is 0 Å². The van der Waals surface area contributed by atoms with Crippen LogP contribution in [-0.4, -0.2) is 37.3 Å². The van der Waals surface area contributed by atoms with Gasteiger partial charge in [-0.1, -0.05) is 0 Å². The molecule has 7 nitrogen and oxygen atoms in total. The van der Waals surface area contributed by atoms with Crippen molar-refractivity contribution in [2.24, 2.45) is 5.84 Å². The quantitative estimate of drug-likeness (QED) is 0.386. The average molecular weight is 303 g/mol. The van der Waals surface area contributed by atoms with Gasteiger partial charge in [-0.2, -0.15) is 8.78 Å². The van der Waals surface area contributed by atoms with Crippen LogP contribution in [0.4, 0.5) is 23.5 Å². The third kappa shape index (κ3) is 3.97. The number of nitrogens with zero attached hydrogens (tertiary/aromatic N) is 2. The number of anilines is 1. The van der Waals surface area contributed by atoms with E-state index in [0.29, 0.717) is 0 Å². The van der Waals surface area contributed by atoms with Crippen LogP contribution in [0.25, 0.3) is 0 Å². The Kier molecular flexibility index (Phi) is 4.60. The van der Waals surface area contributed by atoms with Gasteiger partial charge in [0.2, 0.25) is 16.0 Å². The monoisotopic (exact) mass is 303 g/mol. The van der Waals surface area contributed by atoms with Crippen molar-refractivity contribution in [3.05, 3.63) is 12.4 Å². The fourth-order valence-corrected chi connectivity index (χ4v) is 1.81. The summed E-state index contributed by atoms with van der Waals surface area (Å²) in [4.78, 5) is 6.32. The molecule has 0 bridgehead atoms. The molecular formula is C7H9F4N5O2S. The zero-order valence-corrected chi connectivity index (χ0v) is 9.96. The number of aromatic nitrogens is 2. The zero-order valence-electron chi connectivity index (χ0n) is 9.15. The fraction of sp³-hybridized carbons (Fsp3) is 0.429. The molecule has 0 saturated carbocycles. The van der Waals surface area contributed by atoms with Crippen molar-refractivity contribution in [3.63, 3.8) is 0 Å². The average Bonchev–Trinajstić information content (AvgIpc) is 2.36. The molecule has 1 heterocycles. The highest BCUT2D eigenvalue weighted by atomic mass is 32.2. The number of hydrazine groups is 1. The highest BCUT2D eigenvalue weighted by Gasteiger charge is 2.41. The Bertz CT molecular complexity index is 521.